The normalized spacial score (nSPS) is 24.8. The molecule has 5 nitrogen and oxygen atoms in total. The highest BCUT2D eigenvalue weighted by molar-refractivity contribution is 6.22. The number of pyridine rings is 1. The van der Waals surface area contributed by atoms with Crippen LogP contribution >= 0.6 is 11.6 Å². The van der Waals surface area contributed by atoms with E-state index in [1.807, 2.05) is 0 Å². The van der Waals surface area contributed by atoms with Crippen molar-refractivity contribution in [2.24, 2.45) is 10.9 Å². The van der Waals surface area contributed by atoms with E-state index in [0.717, 1.165) is 57.9 Å². The summed E-state index contributed by atoms with van der Waals surface area (Å²) in [5.74, 6) is 1.94. The lowest BCUT2D eigenvalue weighted by Gasteiger charge is -2.41. The standard InChI is InChI=1S/C22H33ClFN5/c1-3-6-19(28-10-5-9-27(4-2)11-12-28)22-26-21-18(13-17(24)14-25-21)20(23)29(22)15-16-7-8-16/h13-14,16,19-20H,3-12,15H2,1-2H3. The zero-order valence-electron chi connectivity index (χ0n) is 17.7. The maximum atomic E-state index is 13.9. The minimum absolute atomic E-state index is 0.233. The quantitative estimate of drug-likeness (QED) is 0.482. The predicted octanol–water partition coefficient (Wildman–Crippen LogP) is 4.41. The van der Waals surface area contributed by atoms with E-state index in [-0.39, 0.29) is 11.9 Å². The average Bonchev–Trinajstić information content (AvgIpc) is 3.55. The zero-order valence-corrected chi connectivity index (χ0v) is 18.4. The number of amidine groups is 1. The summed E-state index contributed by atoms with van der Waals surface area (Å²) in [6, 6.07) is 1.73. The number of likely N-dealkylation sites (N-methyl/N-ethyl adjacent to an activating group) is 1. The highest BCUT2D eigenvalue weighted by atomic mass is 35.5. The summed E-state index contributed by atoms with van der Waals surface area (Å²) in [5, 5.41) is 0. The van der Waals surface area contributed by atoms with Crippen molar-refractivity contribution in [3.05, 3.63) is 23.6 Å². The molecule has 0 radical (unpaired) electrons. The van der Waals surface area contributed by atoms with Gasteiger partial charge in [0.1, 0.15) is 17.2 Å². The Morgan fingerprint density at radius 3 is 2.76 bits per heavy atom. The molecule has 0 N–H and O–H groups in total. The Labute approximate surface area is 178 Å². The van der Waals surface area contributed by atoms with Crippen LogP contribution in [0, 0.1) is 11.7 Å². The van der Waals surface area contributed by atoms with Crippen LogP contribution in [0.15, 0.2) is 17.3 Å². The van der Waals surface area contributed by atoms with Gasteiger partial charge in [0.05, 0.1) is 12.2 Å². The number of fused-ring (bicyclic) bond motifs is 1. The van der Waals surface area contributed by atoms with Crippen LogP contribution in [0.5, 0.6) is 0 Å². The van der Waals surface area contributed by atoms with E-state index in [1.165, 1.54) is 31.5 Å². The van der Waals surface area contributed by atoms with Gasteiger partial charge in [-0.05, 0) is 50.8 Å². The predicted molar refractivity (Wildman–Crippen MR) is 116 cm³/mol. The van der Waals surface area contributed by atoms with E-state index in [4.69, 9.17) is 16.6 Å². The fraction of sp³-hybridized carbons (Fsp3) is 0.727. The van der Waals surface area contributed by atoms with Gasteiger partial charge in [0.15, 0.2) is 5.82 Å². The van der Waals surface area contributed by atoms with Gasteiger partial charge in [0.25, 0.3) is 0 Å². The summed E-state index contributed by atoms with van der Waals surface area (Å²) in [6.45, 7) is 10.9. The second kappa shape index (κ2) is 9.27. The lowest BCUT2D eigenvalue weighted by Crippen LogP contribution is -2.51. The molecule has 4 rings (SSSR count). The van der Waals surface area contributed by atoms with E-state index in [9.17, 15) is 4.39 Å². The van der Waals surface area contributed by atoms with Crippen molar-refractivity contribution in [2.75, 3.05) is 39.3 Å². The smallest absolute Gasteiger partial charge is 0.160 e. The molecule has 2 fully saturated rings. The van der Waals surface area contributed by atoms with Crippen LogP contribution in [-0.4, -0.2) is 70.8 Å². The molecular formula is C22H33ClFN5. The number of rotatable bonds is 7. The molecule has 0 bridgehead atoms. The first-order valence-corrected chi connectivity index (χ1v) is 11.7. The molecule has 1 aromatic heterocycles. The van der Waals surface area contributed by atoms with Crippen molar-refractivity contribution in [3.63, 3.8) is 0 Å². The molecular weight excluding hydrogens is 389 g/mol. The molecule has 0 amide bonds. The fourth-order valence-corrected chi connectivity index (χ4v) is 4.91. The second-order valence-electron chi connectivity index (χ2n) is 8.60. The monoisotopic (exact) mass is 421 g/mol. The van der Waals surface area contributed by atoms with Crippen LogP contribution < -0.4 is 0 Å². The van der Waals surface area contributed by atoms with Crippen LogP contribution in [0.4, 0.5) is 10.2 Å². The van der Waals surface area contributed by atoms with Gasteiger partial charge in [-0.25, -0.2) is 14.4 Å². The summed E-state index contributed by atoms with van der Waals surface area (Å²) in [6.07, 6.45) is 7.05. The molecule has 7 heteroatoms. The first-order chi connectivity index (χ1) is 14.1. The van der Waals surface area contributed by atoms with Crippen molar-refractivity contribution < 1.29 is 4.39 Å². The van der Waals surface area contributed by atoms with Crippen LogP contribution in [0.3, 0.4) is 0 Å². The van der Waals surface area contributed by atoms with Gasteiger partial charge in [0, 0.05) is 31.7 Å². The average molecular weight is 422 g/mol. The number of aromatic nitrogens is 1. The molecule has 1 aliphatic carbocycles. The molecule has 2 aliphatic heterocycles. The zero-order chi connectivity index (χ0) is 20.4. The third-order valence-electron chi connectivity index (χ3n) is 6.43. The van der Waals surface area contributed by atoms with Crippen LogP contribution in [0.25, 0.3) is 0 Å². The second-order valence-corrected chi connectivity index (χ2v) is 9.01. The Hall–Kier alpha value is -1.24. The van der Waals surface area contributed by atoms with Gasteiger partial charge >= 0.3 is 0 Å². The molecule has 3 heterocycles. The summed E-state index contributed by atoms with van der Waals surface area (Å²) in [4.78, 5) is 16.6. The summed E-state index contributed by atoms with van der Waals surface area (Å²) in [5.41, 5.74) is 0.291. The SMILES string of the molecule is CCCC(C1=Nc2ncc(F)cc2C(Cl)N1CC1CC1)N1CCCN(CC)CC1. The van der Waals surface area contributed by atoms with Crippen LogP contribution in [0.2, 0.25) is 0 Å². The number of aliphatic imine (C=N–C) groups is 1. The maximum Gasteiger partial charge on any atom is 0.160 e. The fourth-order valence-electron chi connectivity index (χ4n) is 4.57. The molecule has 0 aromatic carbocycles. The van der Waals surface area contributed by atoms with E-state index in [1.54, 1.807) is 0 Å². The summed E-state index contributed by atoms with van der Waals surface area (Å²) >= 11 is 6.92. The Bertz CT molecular complexity index is 738. The Morgan fingerprint density at radius 1 is 1.21 bits per heavy atom. The van der Waals surface area contributed by atoms with E-state index in [0.29, 0.717) is 17.3 Å². The summed E-state index contributed by atoms with van der Waals surface area (Å²) in [7, 11) is 0. The number of nitrogens with zero attached hydrogens (tertiary/aromatic N) is 5. The number of hydrogen-bond acceptors (Lipinski definition) is 5. The topological polar surface area (TPSA) is 35.0 Å². The van der Waals surface area contributed by atoms with E-state index < -0.39 is 5.50 Å². The van der Waals surface area contributed by atoms with Crippen molar-refractivity contribution >= 4 is 23.3 Å². The molecule has 2 unspecified atom stereocenters. The number of hydrogen-bond donors (Lipinski definition) is 0. The van der Waals surface area contributed by atoms with Crippen molar-refractivity contribution in [3.8, 4) is 0 Å². The number of alkyl halides is 1. The van der Waals surface area contributed by atoms with Gasteiger partial charge in [0.2, 0.25) is 0 Å². The Balaban J connectivity index is 1.67. The molecule has 2 atom stereocenters. The Kier molecular flexibility index (Phi) is 6.72. The first-order valence-electron chi connectivity index (χ1n) is 11.2. The highest BCUT2D eigenvalue weighted by Crippen LogP contribution is 2.41. The van der Waals surface area contributed by atoms with Crippen molar-refractivity contribution in [1.29, 1.82) is 0 Å². The van der Waals surface area contributed by atoms with Crippen LogP contribution in [0.1, 0.15) is 57.0 Å². The molecule has 29 heavy (non-hydrogen) atoms. The van der Waals surface area contributed by atoms with Gasteiger partial charge in [-0.3, -0.25) is 4.90 Å². The largest absolute Gasteiger partial charge is 0.338 e. The van der Waals surface area contributed by atoms with Gasteiger partial charge in [-0.2, -0.15) is 0 Å². The van der Waals surface area contributed by atoms with Crippen molar-refractivity contribution in [2.45, 2.75) is 57.5 Å². The molecule has 1 saturated heterocycles. The molecule has 3 aliphatic rings. The first kappa shape index (κ1) is 21.0. The van der Waals surface area contributed by atoms with Gasteiger partial charge in [-0.1, -0.05) is 31.9 Å². The lowest BCUT2D eigenvalue weighted by molar-refractivity contribution is 0.212. The minimum atomic E-state index is -0.403. The molecule has 160 valence electrons. The minimum Gasteiger partial charge on any atom is -0.338 e. The van der Waals surface area contributed by atoms with Gasteiger partial charge in [-0.15, -0.1) is 0 Å². The molecule has 1 aromatic rings. The van der Waals surface area contributed by atoms with Gasteiger partial charge < -0.3 is 9.80 Å². The lowest BCUT2D eigenvalue weighted by atomic mass is 10.0. The molecule has 1 saturated carbocycles. The van der Waals surface area contributed by atoms with E-state index >= 15 is 0 Å². The van der Waals surface area contributed by atoms with Crippen LogP contribution in [-0.2, 0) is 0 Å². The highest BCUT2D eigenvalue weighted by Gasteiger charge is 2.38. The summed E-state index contributed by atoms with van der Waals surface area (Å²) < 4.78 is 13.9. The maximum absolute atomic E-state index is 13.9. The van der Waals surface area contributed by atoms with E-state index in [2.05, 4.69) is 33.5 Å². The van der Waals surface area contributed by atoms with Crippen molar-refractivity contribution in [1.82, 2.24) is 19.7 Å². The number of halogens is 2. The third-order valence-corrected chi connectivity index (χ3v) is 6.90. The Morgan fingerprint density at radius 2 is 2.03 bits per heavy atom. The third kappa shape index (κ3) is 4.75. The molecule has 0 spiro atoms.